The second-order valence-electron chi connectivity index (χ2n) is 3.84. The quantitative estimate of drug-likeness (QED) is 0.610. The highest BCUT2D eigenvalue weighted by Crippen LogP contribution is 2.16. The predicted molar refractivity (Wildman–Crippen MR) is 57.7 cm³/mol. The molecule has 0 aromatic heterocycles. The average Bonchev–Trinajstić information content (AvgIpc) is 2.58. The van der Waals surface area contributed by atoms with E-state index >= 15 is 0 Å². The van der Waals surface area contributed by atoms with Crippen molar-refractivity contribution >= 4 is 15.7 Å². The number of likely N-dealkylation sites (N-methyl/N-ethyl adjacent to an activating group) is 1. The van der Waals surface area contributed by atoms with Crippen molar-refractivity contribution in [3.8, 4) is 0 Å². The zero-order chi connectivity index (χ0) is 12.2. The molecule has 0 radical (unpaired) electrons. The molecular formula is C9H17NO5S. The zero-order valence-electron chi connectivity index (χ0n) is 9.26. The van der Waals surface area contributed by atoms with E-state index in [1.807, 2.05) is 0 Å². The van der Waals surface area contributed by atoms with Crippen molar-refractivity contribution in [3.05, 3.63) is 0 Å². The Morgan fingerprint density at radius 3 is 2.75 bits per heavy atom. The molecule has 0 aliphatic carbocycles. The monoisotopic (exact) mass is 251 g/mol. The molecule has 1 heterocycles. The van der Waals surface area contributed by atoms with Gasteiger partial charge >= 0.3 is 0 Å². The SMILES string of the molecule is CN(C(=O)COCCO)C1CCS(=O)(=O)C1. The minimum atomic E-state index is -2.97. The van der Waals surface area contributed by atoms with Crippen molar-refractivity contribution < 1.29 is 23.1 Å². The number of amides is 1. The normalized spacial score (nSPS) is 23.2. The maximum Gasteiger partial charge on any atom is 0.248 e. The first-order valence-electron chi connectivity index (χ1n) is 5.11. The molecule has 7 heteroatoms. The molecule has 1 aliphatic rings. The van der Waals surface area contributed by atoms with Crippen LogP contribution in [0.2, 0.25) is 0 Å². The van der Waals surface area contributed by atoms with Crippen molar-refractivity contribution in [3.63, 3.8) is 0 Å². The fourth-order valence-corrected chi connectivity index (χ4v) is 3.38. The van der Waals surface area contributed by atoms with Crippen LogP contribution in [0, 0.1) is 0 Å². The number of ether oxygens (including phenoxy) is 1. The molecule has 0 bridgehead atoms. The van der Waals surface area contributed by atoms with Gasteiger partial charge in [-0.3, -0.25) is 4.79 Å². The lowest BCUT2D eigenvalue weighted by molar-refractivity contribution is -0.136. The Balaban J connectivity index is 2.40. The Morgan fingerprint density at radius 2 is 2.25 bits per heavy atom. The third kappa shape index (κ3) is 3.73. The molecule has 1 saturated heterocycles. The van der Waals surface area contributed by atoms with Crippen molar-refractivity contribution in [2.75, 3.05) is 38.4 Å². The molecule has 1 amide bonds. The van der Waals surface area contributed by atoms with Gasteiger partial charge in [0.05, 0.1) is 24.7 Å². The number of carbonyl (C=O) groups excluding carboxylic acids is 1. The summed E-state index contributed by atoms with van der Waals surface area (Å²) in [4.78, 5) is 13.0. The third-order valence-electron chi connectivity index (χ3n) is 2.61. The molecule has 0 spiro atoms. The average molecular weight is 251 g/mol. The van der Waals surface area contributed by atoms with Gasteiger partial charge in [0.15, 0.2) is 9.84 Å². The first-order chi connectivity index (χ1) is 7.46. The van der Waals surface area contributed by atoms with Crippen LogP contribution < -0.4 is 0 Å². The summed E-state index contributed by atoms with van der Waals surface area (Å²) in [6.07, 6.45) is 0.491. The van der Waals surface area contributed by atoms with E-state index in [-0.39, 0.29) is 43.3 Å². The van der Waals surface area contributed by atoms with E-state index in [0.717, 1.165) is 0 Å². The van der Waals surface area contributed by atoms with Crippen LogP contribution in [-0.2, 0) is 19.4 Å². The summed E-state index contributed by atoms with van der Waals surface area (Å²) in [7, 11) is -1.39. The molecule has 1 fully saturated rings. The summed E-state index contributed by atoms with van der Waals surface area (Å²) >= 11 is 0. The van der Waals surface area contributed by atoms with Gasteiger partial charge in [-0.15, -0.1) is 0 Å². The number of aliphatic hydroxyl groups excluding tert-OH is 1. The maximum absolute atomic E-state index is 11.5. The number of rotatable bonds is 5. The van der Waals surface area contributed by atoms with Gasteiger partial charge in [0.25, 0.3) is 0 Å². The minimum absolute atomic E-state index is 0.0369. The lowest BCUT2D eigenvalue weighted by Gasteiger charge is -2.23. The van der Waals surface area contributed by atoms with Gasteiger partial charge in [-0.2, -0.15) is 0 Å². The molecule has 16 heavy (non-hydrogen) atoms. The van der Waals surface area contributed by atoms with Crippen LogP contribution in [0.3, 0.4) is 0 Å². The summed E-state index contributed by atoms with van der Waals surface area (Å²) in [5.74, 6) is -0.0716. The van der Waals surface area contributed by atoms with Crippen LogP contribution >= 0.6 is 0 Å². The zero-order valence-corrected chi connectivity index (χ0v) is 10.1. The first kappa shape index (κ1) is 13.4. The largest absolute Gasteiger partial charge is 0.394 e. The third-order valence-corrected chi connectivity index (χ3v) is 4.36. The summed E-state index contributed by atoms with van der Waals surface area (Å²) in [5.41, 5.74) is 0. The van der Waals surface area contributed by atoms with Gasteiger partial charge in [-0.1, -0.05) is 0 Å². The van der Waals surface area contributed by atoms with E-state index in [1.165, 1.54) is 4.90 Å². The number of nitrogens with zero attached hydrogens (tertiary/aromatic N) is 1. The molecule has 1 atom stereocenters. The van der Waals surface area contributed by atoms with Crippen LogP contribution in [0.5, 0.6) is 0 Å². The van der Waals surface area contributed by atoms with Crippen LogP contribution in [0.1, 0.15) is 6.42 Å². The predicted octanol–water partition coefficient (Wildman–Crippen LogP) is -1.36. The Bertz CT molecular complexity index is 340. The molecule has 0 aromatic rings. The lowest BCUT2D eigenvalue weighted by Crippen LogP contribution is -2.40. The fourth-order valence-electron chi connectivity index (χ4n) is 1.61. The highest BCUT2D eigenvalue weighted by molar-refractivity contribution is 7.91. The Morgan fingerprint density at radius 1 is 1.56 bits per heavy atom. The topological polar surface area (TPSA) is 83.9 Å². The van der Waals surface area contributed by atoms with E-state index in [2.05, 4.69) is 0 Å². The number of carbonyl (C=O) groups is 1. The van der Waals surface area contributed by atoms with Crippen molar-refractivity contribution in [1.82, 2.24) is 4.90 Å². The minimum Gasteiger partial charge on any atom is -0.394 e. The van der Waals surface area contributed by atoms with E-state index in [0.29, 0.717) is 6.42 Å². The second kappa shape index (κ2) is 5.60. The number of hydrogen-bond donors (Lipinski definition) is 1. The molecule has 1 aliphatic heterocycles. The van der Waals surface area contributed by atoms with Crippen LogP contribution in [0.25, 0.3) is 0 Å². The smallest absolute Gasteiger partial charge is 0.248 e. The van der Waals surface area contributed by atoms with Gasteiger partial charge in [-0.05, 0) is 6.42 Å². The summed E-state index contributed by atoms with van der Waals surface area (Å²) in [6, 6.07) is -0.241. The summed E-state index contributed by atoms with van der Waals surface area (Å²) in [6.45, 7) is -0.134. The fraction of sp³-hybridized carbons (Fsp3) is 0.889. The summed E-state index contributed by atoms with van der Waals surface area (Å²) in [5, 5.41) is 8.47. The van der Waals surface area contributed by atoms with Crippen molar-refractivity contribution in [1.29, 1.82) is 0 Å². The van der Waals surface area contributed by atoms with Crippen LogP contribution in [-0.4, -0.2) is 68.7 Å². The van der Waals surface area contributed by atoms with Crippen molar-refractivity contribution in [2.24, 2.45) is 0 Å². The molecule has 1 N–H and O–H groups in total. The molecule has 6 nitrogen and oxygen atoms in total. The standard InChI is InChI=1S/C9H17NO5S/c1-10(9(12)6-15-4-3-11)8-2-5-16(13,14)7-8/h8,11H,2-7H2,1H3. The maximum atomic E-state index is 11.5. The molecule has 1 rings (SSSR count). The lowest BCUT2D eigenvalue weighted by atomic mass is 10.2. The highest BCUT2D eigenvalue weighted by Gasteiger charge is 2.32. The first-order valence-corrected chi connectivity index (χ1v) is 6.93. The van der Waals surface area contributed by atoms with Gasteiger partial charge in [0, 0.05) is 13.1 Å². The highest BCUT2D eigenvalue weighted by atomic mass is 32.2. The van der Waals surface area contributed by atoms with E-state index in [4.69, 9.17) is 9.84 Å². The number of sulfone groups is 1. The molecule has 1 unspecified atom stereocenters. The Labute approximate surface area is 95.1 Å². The van der Waals surface area contributed by atoms with E-state index in [1.54, 1.807) is 7.05 Å². The number of hydrogen-bond acceptors (Lipinski definition) is 5. The molecule has 0 aromatic carbocycles. The summed E-state index contributed by atoms with van der Waals surface area (Å²) < 4.78 is 27.3. The van der Waals surface area contributed by atoms with Gasteiger partial charge in [0.2, 0.25) is 5.91 Å². The molecular weight excluding hydrogens is 234 g/mol. The van der Waals surface area contributed by atoms with Crippen LogP contribution in [0.15, 0.2) is 0 Å². The van der Waals surface area contributed by atoms with Crippen molar-refractivity contribution in [2.45, 2.75) is 12.5 Å². The van der Waals surface area contributed by atoms with Gasteiger partial charge in [0.1, 0.15) is 6.61 Å². The second-order valence-corrected chi connectivity index (χ2v) is 6.07. The molecule has 94 valence electrons. The Kier molecular flexibility index (Phi) is 4.69. The van der Waals surface area contributed by atoms with Crippen LogP contribution in [0.4, 0.5) is 0 Å². The number of aliphatic hydroxyl groups is 1. The van der Waals surface area contributed by atoms with E-state index in [9.17, 15) is 13.2 Å². The van der Waals surface area contributed by atoms with Gasteiger partial charge in [-0.25, -0.2) is 8.42 Å². The molecule has 0 saturated carbocycles. The van der Waals surface area contributed by atoms with Gasteiger partial charge < -0.3 is 14.7 Å². The Hall–Kier alpha value is -0.660. The van der Waals surface area contributed by atoms with E-state index < -0.39 is 9.84 Å².